The Morgan fingerprint density at radius 3 is 2.61 bits per heavy atom. The summed E-state index contributed by atoms with van der Waals surface area (Å²) >= 11 is 5.91. The quantitative estimate of drug-likeness (QED) is 0.839. The molecule has 0 spiro atoms. The monoisotopic (exact) mass is 255 g/mol. The fraction of sp³-hybridized carbons (Fsp3) is 0. The molecule has 1 heterocycles. The van der Waals surface area contributed by atoms with Gasteiger partial charge in [-0.05, 0) is 18.2 Å². The third-order valence-electron chi connectivity index (χ3n) is 2.47. The highest BCUT2D eigenvalue weighted by molar-refractivity contribution is 6.30. The summed E-state index contributed by atoms with van der Waals surface area (Å²) in [5.41, 5.74) is 8.23. The summed E-state index contributed by atoms with van der Waals surface area (Å²) in [6.45, 7) is 0. The minimum Gasteiger partial charge on any atom is -0.397 e. The largest absolute Gasteiger partial charge is 0.397 e. The van der Waals surface area contributed by atoms with Crippen molar-refractivity contribution in [3.05, 3.63) is 64.9 Å². The lowest BCUT2D eigenvalue weighted by Crippen LogP contribution is -2.00. The lowest BCUT2D eigenvalue weighted by atomic mass is 10.0. The standard InChI is InChI=1S/C14H10ClN3/c15-12-5-1-3-10(7-12)14(17)13(8-16)11-4-2-6-18-9-11/h1-7,9H,17H2/b14-13-. The Kier molecular flexibility index (Phi) is 3.61. The molecule has 3 nitrogen and oxygen atoms in total. The molecule has 4 heteroatoms. The summed E-state index contributed by atoms with van der Waals surface area (Å²) < 4.78 is 0. The first-order valence-electron chi connectivity index (χ1n) is 5.28. The van der Waals surface area contributed by atoms with E-state index in [4.69, 9.17) is 17.3 Å². The van der Waals surface area contributed by atoms with Gasteiger partial charge in [-0.15, -0.1) is 0 Å². The van der Waals surface area contributed by atoms with Gasteiger partial charge in [-0.1, -0.05) is 29.8 Å². The molecule has 18 heavy (non-hydrogen) atoms. The molecule has 0 aliphatic carbocycles. The first-order valence-corrected chi connectivity index (χ1v) is 5.66. The summed E-state index contributed by atoms with van der Waals surface area (Å²) in [4.78, 5) is 3.98. The van der Waals surface area contributed by atoms with E-state index in [1.54, 1.807) is 42.7 Å². The minimum atomic E-state index is 0.394. The topological polar surface area (TPSA) is 62.7 Å². The van der Waals surface area contributed by atoms with Crippen molar-refractivity contribution in [1.82, 2.24) is 4.98 Å². The van der Waals surface area contributed by atoms with Crippen LogP contribution in [0.3, 0.4) is 0 Å². The molecule has 1 aromatic heterocycles. The third kappa shape index (κ3) is 2.50. The van der Waals surface area contributed by atoms with E-state index < -0.39 is 0 Å². The van der Waals surface area contributed by atoms with Gasteiger partial charge < -0.3 is 5.73 Å². The Bertz CT molecular complexity index is 627. The molecule has 0 aliphatic rings. The van der Waals surface area contributed by atoms with Crippen molar-refractivity contribution < 1.29 is 0 Å². The molecule has 1 aromatic carbocycles. The second-order valence-corrected chi connectivity index (χ2v) is 4.09. The molecule has 0 aliphatic heterocycles. The number of rotatable bonds is 2. The molecule has 0 bridgehead atoms. The molecule has 2 N–H and O–H groups in total. The van der Waals surface area contributed by atoms with Crippen LogP contribution in [0.5, 0.6) is 0 Å². The lowest BCUT2D eigenvalue weighted by molar-refractivity contribution is 1.31. The fourth-order valence-corrected chi connectivity index (χ4v) is 1.78. The van der Waals surface area contributed by atoms with E-state index in [2.05, 4.69) is 11.1 Å². The number of allylic oxidation sites excluding steroid dienone is 1. The Morgan fingerprint density at radius 1 is 1.22 bits per heavy atom. The van der Waals surface area contributed by atoms with Crippen molar-refractivity contribution in [1.29, 1.82) is 5.26 Å². The molecule has 0 unspecified atom stereocenters. The predicted molar refractivity (Wildman–Crippen MR) is 72.3 cm³/mol. The van der Waals surface area contributed by atoms with Gasteiger partial charge in [0.25, 0.3) is 0 Å². The maximum atomic E-state index is 9.23. The molecule has 0 amide bonds. The molecule has 0 fully saturated rings. The van der Waals surface area contributed by atoms with E-state index in [1.807, 2.05) is 6.07 Å². The fourth-order valence-electron chi connectivity index (χ4n) is 1.59. The molecular formula is C14H10ClN3. The summed E-state index contributed by atoms with van der Waals surface area (Å²) in [7, 11) is 0. The number of halogens is 1. The van der Waals surface area contributed by atoms with Crippen molar-refractivity contribution in [2.45, 2.75) is 0 Å². The van der Waals surface area contributed by atoms with E-state index >= 15 is 0 Å². The number of aromatic nitrogens is 1. The van der Waals surface area contributed by atoms with Gasteiger partial charge >= 0.3 is 0 Å². The molecule has 88 valence electrons. The zero-order chi connectivity index (χ0) is 13.0. The van der Waals surface area contributed by atoms with Crippen LogP contribution < -0.4 is 5.73 Å². The molecule has 0 atom stereocenters. The number of nitriles is 1. The summed E-state index contributed by atoms with van der Waals surface area (Å²) in [6, 6.07) is 12.8. The van der Waals surface area contributed by atoms with E-state index in [9.17, 15) is 5.26 Å². The van der Waals surface area contributed by atoms with Crippen LogP contribution >= 0.6 is 11.6 Å². The Morgan fingerprint density at radius 2 is 2.00 bits per heavy atom. The maximum Gasteiger partial charge on any atom is 0.102 e. The van der Waals surface area contributed by atoms with Gasteiger partial charge in [0.2, 0.25) is 0 Å². The zero-order valence-electron chi connectivity index (χ0n) is 9.47. The van der Waals surface area contributed by atoms with Crippen LogP contribution in [0.1, 0.15) is 11.1 Å². The maximum absolute atomic E-state index is 9.23. The predicted octanol–water partition coefficient (Wildman–Crippen LogP) is 3.09. The molecular weight excluding hydrogens is 246 g/mol. The normalized spacial score (nSPS) is 11.6. The molecule has 0 saturated carbocycles. The van der Waals surface area contributed by atoms with Gasteiger partial charge in [0.1, 0.15) is 6.07 Å². The SMILES string of the molecule is N#C/C(=C(/N)c1cccc(Cl)c1)c1cccnc1. The zero-order valence-corrected chi connectivity index (χ0v) is 10.2. The number of nitrogens with two attached hydrogens (primary N) is 1. The van der Waals surface area contributed by atoms with Crippen molar-refractivity contribution in [3.63, 3.8) is 0 Å². The van der Waals surface area contributed by atoms with Crippen LogP contribution in [-0.2, 0) is 0 Å². The van der Waals surface area contributed by atoms with Crippen LogP contribution in [0, 0.1) is 11.3 Å². The van der Waals surface area contributed by atoms with Crippen molar-refractivity contribution in [2.24, 2.45) is 5.73 Å². The molecule has 2 rings (SSSR count). The second kappa shape index (κ2) is 5.35. The summed E-state index contributed by atoms with van der Waals surface area (Å²) in [5.74, 6) is 0. The Balaban J connectivity index is 2.55. The van der Waals surface area contributed by atoms with Crippen LogP contribution in [-0.4, -0.2) is 4.98 Å². The van der Waals surface area contributed by atoms with Crippen molar-refractivity contribution in [3.8, 4) is 6.07 Å². The first kappa shape index (κ1) is 12.2. The van der Waals surface area contributed by atoms with Crippen molar-refractivity contribution >= 4 is 22.9 Å². The van der Waals surface area contributed by atoms with E-state index in [-0.39, 0.29) is 0 Å². The smallest absolute Gasteiger partial charge is 0.102 e. The highest BCUT2D eigenvalue weighted by Gasteiger charge is 2.08. The van der Waals surface area contributed by atoms with E-state index in [0.717, 1.165) is 5.56 Å². The number of hydrogen-bond acceptors (Lipinski definition) is 3. The number of nitrogens with zero attached hydrogens (tertiary/aromatic N) is 2. The van der Waals surface area contributed by atoms with Gasteiger partial charge in [0.05, 0.1) is 11.3 Å². The van der Waals surface area contributed by atoms with E-state index in [0.29, 0.717) is 21.9 Å². The summed E-state index contributed by atoms with van der Waals surface area (Å²) in [5, 5.41) is 9.81. The number of benzene rings is 1. The highest BCUT2D eigenvalue weighted by Crippen LogP contribution is 2.23. The van der Waals surface area contributed by atoms with Crippen LogP contribution in [0.4, 0.5) is 0 Å². The summed E-state index contributed by atoms with van der Waals surface area (Å²) in [6.07, 6.45) is 3.25. The van der Waals surface area contributed by atoms with Crippen LogP contribution in [0.2, 0.25) is 5.02 Å². The van der Waals surface area contributed by atoms with Gasteiger partial charge in [0.15, 0.2) is 0 Å². The van der Waals surface area contributed by atoms with E-state index in [1.165, 1.54) is 0 Å². The second-order valence-electron chi connectivity index (χ2n) is 3.65. The molecule has 2 aromatic rings. The van der Waals surface area contributed by atoms with Gasteiger partial charge in [0, 0.05) is 28.5 Å². The van der Waals surface area contributed by atoms with Crippen molar-refractivity contribution in [2.75, 3.05) is 0 Å². The molecule has 0 saturated heterocycles. The lowest BCUT2D eigenvalue weighted by Gasteiger charge is -2.06. The number of hydrogen-bond donors (Lipinski definition) is 1. The van der Waals surface area contributed by atoms with Gasteiger partial charge in [-0.3, -0.25) is 4.98 Å². The Hall–Kier alpha value is -2.31. The highest BCUT2D eigenvalue weighted by atomic mass is 35.5. The first-order chi connectivity index (χ1) is 8.72. The average Bonchev–Trinajstić information content (AvgIpc) is 2.41. The molecule has 0 radical (unpaired) electrons. The average molecular weight is 256 g/mol. The van der Waals surface area contributed by atoms with Crippen LogP contribution in [0.25, 0.3) is 11.3 Å². The minimum absolute atomic E-state index is 0.394. The van der Waals surface area contributed by atoms with Gasteiger partial charge in [-0.25, -0.2) is 0 Å². The van der Waals surface area contributed by atoms with Crippen LogP contribution in [0.15, 0.2) is 48.8 Å². The number of pyridine rings is 1. The van der Waals surface area contributed by atoms with Gasteiger partial charge in [-0.2, -0.15) is 5.26 Å². The Labute approximate surface area is 110 Å². The third-order valence-corrected chi connectivity index (χ3v) is 2.70.